The first-order valence-electron chi connectivity index (χ1n) is 5.12. The van der Waals surface area contributed by atoms with E-state index in [9.17, 15) is 0 Å². The van der Waals surface area contributed by atoms with E-state index in [0.717, 1.165) is 15.7 Å². The molecule has 1 atom stereocenters. The summed E-state index contributed by atoms with van der Waals surface area (Å²) in [7, 11) is 0. The first-order valence-corrected chi connectivity index (χ1v) is 6.35. The van der Waals surface area contributed by atoms with E-state index in [-0.39, 0.29) is 0 Å². The fourth-order valence-electron chi connectivity index (χ4n) is 1.32. The molecule has 0 saturated heterocycles. The number of alkyl halides is 1. The molecule has 1 unspecified atom stereocenters. The molecule has 0 bridgehead atoms. The molecule has 0 fully saturated rings. The molecule has 0 saturated carbocycles. The third-order valence-electron chi connectivity index (χ3n) is 2.19. The molecule has 0 aromatic heterocycles. The van der Waals surface area contributed by atoms with E-state index in [0.29, 0.717) is 0 Å². The molecule has 0 aliphatic carbocycles. The highest BCUT2D eigenvalue weighted by atomic mass is 79.9. The summed E-state index contributed by atoms with van der Waals surface area (Å²) in [6.07, 6.45) is 0. The molecule has 4 heteroatoms. The highest BCUT2D eigenvalue weighted by molar-refractivity contribution is 9.10. The van der Waals surface area contributed by atoms with E-state index in [4.69, 9.17) is 11.6 Å². The Balaban J connectivity index is 2.14. The van der Waals surface area contributed by atoms with Gasteiger partial charge in [-0.2, -0.15) is 10.2 Å². The summed E-state index contributed by atoms with van der Waals surface area (Å²) in [5.74, 6) is 0. The number of hydrogen-bond donors (Lipinski definition) is 0. The number of azo groups is 1. The van der Waals surface area contributed by atoms with Gasteiger partial charge in [0, 0.05) is 4.47 Å². The summed E-state index contributed by atoms with van der Waals surface area (Å²) in [5.41, 5.74) is 1.25. The van der Waals surface area contributed by atoms with Gasteiger partial charge in [0.05, 0.1) is 5.69 Å². The normalized spacial score (nSPS) is 12.8. The molecule has 2 nitrogen and oxygen atoms in total. The summed E-state index contributed by atoms with van der Waals surface area (Å²) in [6, 6.07) is 17.3. The smallest absolute Gasteiger partial charge is 0.164 e. The highest BCUT2D eigenvalue weighted by Crippen LogP contribution is 2.28. The van der Waals surface area contributed by atoms with Crippen molar-refractivity contribution < 1.29 is 0 Å². The number of nitrogens with zero attached hydrogens (tertiary/aromatic N) is 2. The van der Waals surface area contributed by atoms with Crippen LogP contribution in [-0.4, -0.2) is 0 Å². The Morgan fingerprint density at radius 1 is 0.941 bits per heavy atom. The summed E-state index contributed by atoms with van der Waals surface area (Å²) < 4.78 is 0.903. The van der Waals surface area contributed by atoms with Crippen molar-refractivity contribution in [2.45, 2.75) is 5.50 Å². The van der Waals surface area contributed by atoms with Gasteiger partial charge >= 0.3 is 0 Å². The minimum Gasteiger partial charge on any atom is -0.164 e. The van der Waals surface area contributed by atoms with Crippen molar-refractivity contribution >= 4 is 33.2 Å². The van der Waals surface area contributed by atoms with E-state index < -0.39 is 5.50 Å². The second-order valence-corrected chi connectivity index (χ2v) is 4.68. The molecule has 0 heterocycles. The highest BCUT2D eigenvalue weighted by Gasteiger charge is 2.04. The van der Waals surface area contributed by atoms with Crippen LogP contribution < -0.4 is 0 Å². The van der Waals surface area contributed by atoms with Crippen molar-refractivity contribution in [2.75, 3.05) is 0 Å². The Labute approximate surface area is 113 Å². The maximum absolute atomic E-state index is 6.13. The van der Waals surface area contributed by atoms with Gasteiger partial charge in [-0.15, -0.1) is 0 Å². The topological polar surface area (TPSA) is 24.7 Å². The minimum absolute atomic E-state index is 0.455. The van der Waals surface area contributed by atoms with Crippen LogP contribution in [0.1, 0.15) is 11.1 Å². The van der Waals surface area contributed by atoms with Gasteiger partial charge in [-0.3, -0.25) is 0 Å². The van der Waals surface area contributed by atoms with Gasteiger partial charge in [0.15, 0.2) is 5.50 Å². The number of rotatable bonds is 3. The largest absolute Gasteiger partial charge is 0.169 e. The Kier molecular flexibility index (Phi) is 4.29. The standard InChI is InChI=1S/C13H10BrClN2/c14-11-8-4-5-9-12(11)16-17-13(15)10-6-2-1-3-7-10/h1-9,13H. The van der Waals surface area contributed by atoms with Crippen LogP contribution >= 0.6 is 27.5 Å². The Bertz CT molecular complexity index is 514. The first-order chi connectivity index (χ1) is 8.27. The average Bonchev–Trinajstić information content (AvgIpc) is 2.38. The Morgan fingerprint density at radius 2 is 1.59 bits per heavy atom. The molecule has 0 spiro atoms. The predicted molar refractivity (Wildman–Crippen MR) is 73.7 cm³/mol. The second kappa shape index (κ2) is 5.94. The average molecular weight is 310 g/mol. The lowest BCUT2D eigenvalue weighted by Crippen LogP contribution is -1.83. The van der Waals surface area contributed by atoms with Gasteiger partial charge in [-0.25, -0.2) is 0 Å². The summed E-state index contributed by atoms with van der Waals surface area (Å²) in [4.78, 5) is 0. The van der Waals surface area contributed by atoms with Crippen molar-refractivity contribution in [1.82, 2.24) is 0 Å². The van der Waals surface area contributed by atoms with E-state index in [1.165, 1.54) is 0 Å². The predicted octanol–water partition coefficient (Wildman–Crippen LogP) is 5.47. The monoisotopic (exact) mass is 308 g/mol. The molecule has 2 aromatic carbocycles. The second-order valence-electron chi connectivity index (χ2n) is 3.41. The summed E-state index contributed by atoms with van der Waals surface area (Å²) >= 11 is 9.54. The van der Waals surface area contributed by atoms with E-state index in [1.807, 2.05) is 54.6 Å². The molecule has 0 radical (unpaired) electrons. The lowest BCUT2D eigenvalue weighted by atomic mass is 10.2. The third-order valence-corrected chi connectivity index (χ3v) is 3.20. The molecular weight excluding hydrogens is 300 g/mol. The van der Waals surface area contributed by atoms with Gasteiger partial charge in [-0.1, -0.05) is 54.1 Å². The minimum atomic E-state index is -0.455. The van der Waals surface area contributed by atoms with Crippen LogP contribution in [0.5, 0.6) is 0 Å². The number of halogens is 2. The van der Waals surface area contributed by atoms with Crippen molar-refractivity contribution in [2.24, 2.45) is 10.2 Å². The van der Waals surface area contributed by atoms with Crippen molar-refractivity contribution in [1.29, 1.82) is 0 Å². The molecule has 0 N–H and O–H groups in total. The first kappa shape index (κ1) is 12.3. The molecule has 0 aliphatic rings. The van der Waals surface area contributed by atoms with Gasteiger partial charge in [-0.05, 0) is 33.6 Å². The van der Waals surface area contributed by atoms with Crippen LogP contribution in [0, 0.1) is 0 Å². The van der Waals surface area contributed by atoms with Crippen LogP contribution in [0.4, 0.5) is 5.69 Å². The molecular formula is C13H10BrClN2. The number of hydrogen-bond acceptors (Lipinski definition) is 2. The van der Waals surface area contributed by atoms with Crippen molar-refractivity contribution in [3.8, 4) is 0 Å². The number of benzene rings is 2. The van der Waals surface area contributed by atoms with Gasteiger partial charge in [0.1, 0.15) is 0 Å². The maximum Gasteiger partial charge on any atom is 0.169 e. The van der Waals surface area contributed by atoms with Crippen LogP contribution in [0.3, 0.4) is 0 Å². The van der Waals surface area contributed by atoms with Crippen LogP contribution in [-0.2, 0) is 0 Å². The van der Waals surface area contributed by atoms with E-state index in [1.54, 1.807) is 0 Å². The van der Waals surface area contributed by atoms with Crippen LogP contribution in [0.25, 0.3) is 0 Å². The third kappa shape index (κ3) is 3.38. The Hall–Kier alpha value is -1.19. The SMILES string of the molecule is ClC(N=Nc1ccccc1Br)c1ccccc1. The maximum atomic E-state index is 6.13. The quantitative estimate of drug-likeness (QED) is 0.408. The zero-order valence-electron chi connectivity index (χ0n) is 8.92. The molecule has 17 heavy (non-hydrogen) atoms. The molecule has 0 aliphatic heterocycles. The van der Waals surface area contributed by atoms with E-state index in [2.05, 4.69) is 26.2 Å². The lowest BCUT2D eigenvalue weighted by molar-refractivity contribution is 0.920. The fraction of sp³-hybridized carbons (Fsp3) is 0.0769. The van der Waals surface area contributed by atoms with Crippen molar-refractivity contribution in [3.63, 3.8) is 0 Å². The van der Waals surface area contributed by atoms with Crippen LogP contribution in [0.15, 0.2) is 69.3 Å². The van der Waals surface area contributed by atoms with Gasteiger partial charge < -0.3 is 0 Å². The zero-order chi connectivity index (χ0) is 12.1. The van der Waals surface area contributed by atoms with Crippen molar-refractivity contribution in [3.05, 3.63) is 64.6 Å². The van der Waals surface area contributed by atoms with Crippen LogP contribution in [0.2, 0.25) is 0 Å². The lowest BCUT2D eigenvalue weighted by Gasteiger charge is -2.02. The van der Waals surface area contributed by atoms with E-state index >= 15 is 0 Å². The zero-order valence-corrected chi connectivity index (χ0v) is 11.3. The molecule has 2 aromatic rings. The molecule has 0 amide bonds. The fourth-order valence-corrected chi connectivity index (χ4v) is 1.88. The summed E-state index contributed by atoms with van der Waals surface area (Å²) in [6.45, 7) is 0. The Morgan fingerprint density at radius 3 is 2.29 bits per heavy atom. The van der Waals surface area contributed by atoms with Gasteiger partial charge in [0.2, 0.25) is 0 Å². The van der Waals surface area contributed by atoms with Gasteiger partial charge in [0.25, 0.3) is 0 Å². The molecule has 86 valence electrons. The summed E-state index contributed by atoms with van der Waals surface area (Å²) in [5, 5.41) is 8.21. The molecule has 2 rings (SSSR count).